The lowest BCUT2D eigenvalue weighted by atomic mass is 10.1. The van der Waals surface area contributed by atoms with Crippen LogP contribution in [0, 0.1) is 10.1 Å². The molecule has 0 fully saturated rings. The van der Waals surface area contributed by atoms with Gasteiger partial charge < -0.3 is 4.74 Å². The fourth-order valence-corrected chi connectivity index (χ4v) is 1.70. The minimum absolute atomic E-state index is 0.0179. The molecule has 0 unspecified atom stereocenters. The van der Waals surface area contributed by atoms with Crippen molar-refractivity contribution in [3.05, 3.63) is 47.3 Å². The molecule has 6 nitrogen and oxygen atoms in total. The summed E-state index contributed by atoms with van der Waals surface area (Å²) in [6.07, 6.45) is 5.57. The van der Waals surface area contributed by atoms with E-state index in [1.54, 1.807) is 19.2 Å². The van der Waals surface area contributed by atoms with Gasteiger partial charge >= 0.3 is 5.69 Å². The summed E-state index contributed by atoms with van der Waals surface area (Å²) >= 11 is 0. The number of rotatable bonds is 8. The third-order valence-corrected chi connectivity index (χ3v) is 2.51. The Morgan fingerprint density at radius 1 is 1.61 bits per heavy atom. The van der Waals surface area contributed by atoms with Crippen molar-refractivity contribution < 1.29 is 9.66 Å². The van der Waals surface area contributed by atoms with E-state index in [0.29, 0.717) is 25.1 Å². The van der Waals surface area contributed by atoms with E-state index in [4.69, 9.17) is 4.74 Å². The van der Waals surface area contributed by atoms with E-state index in [0.717, 1.165) is 0 Å². The average molecular weight is 251 g/mol. The van der Waals surface area contributed by atoms with E-state index in [1.165, 1.54) is 10.9 Å². The van der Waals surface area contributed by atoms with Gasteiger partial charge in [0.1, 0.15) is 18.0 Å². The average Bonchev–Trinajstić information content (AvgIpc) is 2.72. The number of aryl methyl sites for hydroxylation is 1. The Bertz CT molecular complexity index is 428. The number of aromatic nitrogens is 2. The molecule has 0 aliphatic heterocycles. The zero-order chi connectivity index (χ0) is 13.5. The van der Waals surface area contributed by atoms with Crippen LogP contribution in [-0.2, 0) is 11.8 Å². The molecule has 1 aromatic heterocycles. The van der Waals surface area contributed by atoms with Crippen LogP contribution < -0.4 is 0 Å². The minimum atomic E-state index is -0.444. The smallest absolute Gasteiger partial charge is 0.312 e. The molecule has 1 aromatic rings. The van der Waals surface area contributed by atoms with Crippen LogP contribution in [-0.4, -0.2) is 21.3 Å². The molecule has 0 aliphatic rings. The Kier molecular flexibility index (Phi) is 5.26. The lowest BCUT2D eigenvalue weighted by Gasteiger charge is -2.16. The Balaban J connectivity index is 3.01. The maximum Gasteiger partial charge on any atom is 0.312 e. The van der Waals surface area contributed by atoms with E-state index in [9.17, 15) is 10.1 Å². The van der Waals surface area contributed by atoms with Crippen molar-refractivity contribution in [2.45, 2.75) is 18.9 Å². The highest BCUT2D eigenvalue weighted by molar-refractivity contribution is 5.34. The Morgan fingerprint density at radius 2 is 2.33 bits per heavy atom. The fourth-order valence-electron chi connectivity index (χ4n) is 1.70. The monoisotopic (exact) mass is 251 g/mol. The summed E-state index contributed by atoms with van der Waals surface area (Å²) in [5, 5.41) is 14.9. The third-order valence-electron chi connectivity index (χ3n) is 2.51. The fraction of sp³-hybridized carbons (Fsp3) is 0.417. The summed E-state index contributed by atoms with van der Waals surface area (Å²) in [5.41, 5.74) is 0.458. The van der Waals surface area contributed by atoms with Crippen LogP contribution in [0.5, 0.6) is 0 Å². The van der Waals surface area contributed by atoms with Gasteiger partial charge in [0.2, 0.25) is 0 Å². The van der Waals surface area contributed by atoms with Crippen LogP contribution in [0.3, 0.4) is 0 Å². The van der Waals surface area contributed by atoms with Crippen molar-refractivity contribution in [1.82, 2.24) is 9.78 Å². The molecule has 0 saturated heterocycles. The lowest BCUT2D eigenvalue weighted by Crippen LogP contribution is -2.11. The highest BCUT2D eigenvalue weighted by Crippen LogP contribution is 2.30. The van der Waals surface area contributed by atoms with Crippen LogP contribution in [0.1, 0.15) is 24.6 Å². The SMILES string of the molecule is C=CCC[C@H](OCC=C)c1c([N+](=O)[O-])cnn1C. The summed E-state index contributed by atoms with van der Waals surface area (Å²) in [4.78, 5) is 10.5. The molecule has 1 atom stereocenters. The Morgan fingerprint density at radius 3 is 2.89 bits per heavy atom. The largest absolute Gasteiger partial charge is 0.368 e. The van der Waals surface area contributed by atoms with Crippen molar-refractivity contribution in [2.75, 3.05) is 6.61 Å². The van der Waals surface area contributed by atoms with Gasteiger partial charge in [-0.1, -0.05) is 12.2 Å². The highest BCUT2D eigenvalue weighted by Gasteiger charge is 2.26. The third kappa shape index (κ3) is 3.27. The van der Waals surface area contributed by atoms with Crippen molar-refractivity contribution in [3.63, 3.8) is 0 Å². The van der Waals surface area contributed by atoms with Crippen molar-refractivity contribution in [3.8, 4) is 0 Å². The van der Waals surface area contributed by atoms with Gasteiger partial charge in [0, 0.05) is 7.05 Å². The van der Waals surface area contributed by atoms with Crippen molar-refractivity contribution in [1.29, 1.82) is 0 Å². The van der Waals surface area contributed by atoms with E-state index in [-0.39, 0.29) is 11.8 Å². The molecule has 18 heavy (non-hydrogen) atoms. The molecular weight excluding hydrogens is 234 g/mol. The van der Waals surface area contributed by atoms with Gasteiger partial charge in [-0.05, 0) is 12.8 Å². The summed E-state index contributed by atoms with van der Waals surface area (Å²) in [6, 6.07) is 0. The molecule has 0 bridgehead atoms. The number of allylic oxidation sites excluding steroid dienone is 1. The first-order chi connectivity index (χ1) is 8.61. The van der Waals surface area contributed by atoms with Gasteiger partial charge in [-0.25, -0.2) is 0 Å². The van der Waals surface area contributed by atoms with Gasteiger partial charge in [-0.2, -0.15) is 5.10 Å². The molecule has 98 valence electrons. The maximum atomic E-state index is 10.9. The van der Waals surface area contributed by atoms with Crippen molar-refractivity contribution in [2.24, 2.45) is 7.05 Å². The molecule has 0 spiro atoms. The highest BCUT2D eigenvalue weighted by atomic mass is 16.6. The molecule has 0 saturated carbocycles. The van der Waals surface area contributed by atoms with Crippen LogP contribution in [0.2, 0.25) is 0 Å². The van der Waals surface area contributed by atoms with E-state index in [1.807, 2.05) is 0 Å². The molecular formula is C12H17N3O3. The second-order valence-electron chi connectivity index (χ2n) is 3.77. The number of hydrogen-bond acceptors (Lipinski definition) is 4. The first-order valence-electron chi connectivity index (χ1n) is 5.61. The molecule has 1 heterocycles. The van der Waals surface area contributed by atoms with Gasteiger partial charge in [0.05, 0.1) is 11.5 Å². The van der Waals surface area contributed by atoms with Crippen LogP contribution in [0.25, 0.3) is 0 Å². The van der Waals surface area contributed by atoms with E-state index >= 15 is 0 Å². The topological polar surface area (TPSA) is 70.2 Å². The summed E-state index contributed by atoms with van der Waals surface area (Å²) < 4.78 is 7.06. The van der Waals surface area contributed by atoms with Crippen LogP contribution in [0.4, 0.5) is 5.69 Å². The van der Waals surface area contributed by atoms with E-state index < -0.39 is 4.92 Å². The van der Waals surface area contributed by atoms with Crippen LogP contribution in [0.15, 0.2) is 31.5 Å². The first kappa shape index (κ1) is 14.1. The number of ether oxygens (including phenoxy) is 1. The summed E-state index contributed by atoms with van der Waals surface area (Å²) in [5.74, 6) is 0. The number of nitro groups is 1. The van der Waals surface area contributed by atoms with Gasteiger partial charge in [-0.3, -0.25) is 14.8 Å². The molecule has 1 rings (SSSR count). The number of hydrogen-bond donors (Lipinski definition) is 0. The molecule has 0 amide bonds. The molecule has 0 aromatic carbocycles. The second kappa shape index (κ2) is 6.70. The molecule has 0 N–H and O–H groups in total. The van der Waals surface area contributed by atoms with Crippen molar-refractivity contribution >= 4 is 5.69 Å². The van der Waals surface area contributed by atoms with Gasteiger partial charge in [0.25, 0.3) is 0 Å². The quantitative estimate of drug-likeness (QED) is 0.404. The Hall–Kier alpha value is -1.95. The maximum absolute atomic E-state index is 10.9. The van der Waals surface area contributed by atoms with Crippen LogP contribution >= 0.6 is 0 Å². The van der Waals surface area contributed by atoms with E-state index in [2.05, 4.69) is 18.3 Å². The zero-order valence-corrected chi connectivity index (χ0v) is 10.4. The second-order valence-corrected chi connectivity index (χ2v) is 3.77. The first-order valence-corrected chi connectivity index (χ1v) is 5.61. The predicted molar refractivity (Wildman–Crippen MR) is 68.2 cm³/mol. The van der Waals surface area contributed by atoms with Gasteiger partial charge in [0.15, 0.2) is 0 Å². The lowest BCUT2D eigenvalue weighted by molar-refractivity contribution is -0.386. The molecule has 6 heteroatoms. The minimum Gasteiger partial charge on any atom is -0.368 e. The normalized spacial score (nSPS) is 12.1. The number of nitrogens with zero attached hydrogens (tertiary/aromatic N) is 3. The summed E-state index contributed by atoms with van der Waals surface area (Å²) in [7, 11) is 1.67. The zero-order valence-electron chi connectivity index (χ0n) is 10.4. The molecule has 0 radical (unpaired) electrons. The van der Waals surface area contributed by atoms with Gasteiger partial charge in [-0.15, -0.1) is 13.2 Å². The molecule has 0 aliphatic carbocycles. The Labute approximate surface area is 106 Å². The summed E-state index contributed by atoms with van der Waals surface area (Å²) in [6.45, 7) is 7.55. The standard InChI is InChI=1S/C12H17N3O3/c1-4-6-7-11(18-8-5-2)12-10(15(16)17)9-13-14(12)3/h4-5,9,11H,1-2,6-8H2,3H3/t11-/m0/s1. The predicted octanol–water partition coefficient (Wildman–Crippen LogP) is 2.54.